The molecule has 0 aliphatic rings. The van der Waals surface area contributed by atoms with Crippen molar-refractivity contribution >= 4 is 11.0 Å². The van der Waals surface area contributed by atoms with E-state index in [0.29, 0.717) is 24.2 Å². The van der Waals surface area contributed by atoms with Gasteiger partial charge in [-0.15, -0.1) is 0 Å². The van der Waals surface area contributed by atoms with Crippen molar-refractivity contribution in [1.29, 1.82) is 5.41 Å². The number of aryl methyl sites for hydroxylation is 1. The number of ether oxygens (including phenoxy) is 1. The van der Waals surface area contributed by atoms with Crippen molar-refractivity contribution in [3.8, 4) is 0 Å². The summed E-state index contributed by atoms with van der Waals surface area (Å²) in [4.78, 5) is 0. The van der Waals surface area contributed by atoms with Gasteiger partial charge in [0, 0.05) is 7.11 Å². The van der Waals surface area contributed by atoms with Crippen molar-refractivity contribution in [2.75, 3.05) is 13.7 Å². The molecule has 0 saturated heterocycles. The fourth-order valence-electron chi connectivity index (χ4n) is 4.02. The first kappa shape index (κ1) is 21.0. The van der Waals surface area contributed by atoms with Gasteiger partial charge in [-0.25, -0.2) is 8.78 Å². The molecule has 6 heteroatoms. The third-order valence-electron chi connectivity index (χ3n) is 5.56. The fraction of sp³-hybridized carbons (Fsp3) is 0.240. The Morgan fingerprint density at radius 1 is 0.903 bits per heavy atom. The monoisotopic (exact) mass is 421 g/mol. The summed E-state index contributed by atoms with van der Waals surface area (Å²) in [5.74, 6) is -1.76. The van der Waals surface area contributed by atoms with E-state index in [1.54, 1.807) is 13.2 Å². The number of imidazole rings is 1. The normalized spacial score (nSPS) is 12.4. The predicted octanol–water partition coefficient (Wildman–Crippen LogP) is 4.99. The van der Waals surface area contributed by atoms with E-state index < -0.39 is 11.6 Å². The van der Waals surface area contributed by atoms with Gasteiger partial charge in [-0.1, -0.05) is 48.0 Å². The maximum Gasteiger partial charge on any atom is 0.203 e. The van der Waals surface area contributed by atoms with Gasteiger partial charge in [0.15, 0.2) is 11.6 Å². The topological polar surface area (TPSA) is 42.9 Å². The summed E-state index contributed by atoms with van der Waals surface area (Å²) in [5, 5.41) is 8.93. The molecule has 1 atom stereocenters. The minimum Gasteiger partial charge on any atom is -0.383 e. The van der Waals surface area contributed by atoms with Gasteiger partial charge in [-0.2, -0.15) is 0 Å². The Kier molecular flexibility index (Phi) is 6.00. The molecule has 1 N–H and O–H groups in total. The molecular formula is C25H25F2N3O. The van der Waals surface area contributed by atoms with Crippen LogP contribution in [0.5, 0.6) is 0 Å². The summed E-state index contributed by atoms with van der Waals surface area (Å²) in [5.41, 5.74) is 5.02. The second kappa shape index (κ2) is 8.86. The molecule has 0 saturated carbocycles. The molecule has 31 heavy (non-hydrogen) atoms. The van der Waals surface area contributed by atoms with E-state index in [0.717, 1.165) is 22.7 Å². The zero-order valence-electron chi connectivity index (χ0n) is 17.6. The molecule has 1 heterocycles. The Morgan fingerprint density at radius 3 is 2.26 bits per heavy atom. The fourth-order valence-corrected chi connectivity index (χ4v) is 4.02. The molecule has 0 amide bonds. The molecule has 0 radical (unpaired) electrons. The average Bonchev–Trinajstić information content (AvgIpc) is 3.03. The molecular weight excluding hydrogens is 396 g/mol. The molecule has 0 bridgehead atoms. The average molecular weight is 421 g/mol. The second-order valence-electron chi connectivity index (χ2n) is 7.82. The molecule has 0 aliphatic heterocycles. The number of benzene rings is 3. The first-order valence-electron chi connectivity index (χ1n) is 10.2. The molecule has 1 aromatic heterocycles. The molecule has 0 fully saturated rings. The highest BCUT2D eigenvalue weighted by molar-refractivity contribution is 5.76. The van der Waals surface area contributed by atoms with Crippen molar-refractivity contribution in [2.45, 2.75) is 25.9 Å². The quantitative estimate of drug-likeness (QED) is 0.449. The minimum absolute atomic E-state index is 0.0867. The van der Waals surface area contributed by atoms with E-state index in [2.05, 4.69) is 31.2 Å². The van der Waals surface area contributed by atoms with Crippen molar-refractivity contribution < 1.29 is 13.5 Å². The zero-order valence-corrected chi connectivity index (χ0v) is 17.6. The number of nitrogens with zero attached hydrogens (tertiary/aromatic N) is 2. The first-order chi connectivity index (χ1) is 15.0. The van der Waals surface area contributed by atoms with Crippen LogP contribution in [0.3, 0.4) is 0 Å². The molecule has 160 valence electrons. The first-order valence-corrected chi connectivity index (χ1v) is 10.2. The maximum absolute atomic E-state index is 13.7. The number of methoxy groups -OCH3 is 1. The minimum atomic E-state index is -0.884. The Balaban J connectivity index is 1.79. The predicted molar refractivity (Wildman–Crippen MR) is 117 cm³/mol. The number of para-hydroxylation sites is 2. The third kappa shape index (κ3) is 4.30. The Hall–Kier alpha value is -3.25. The van der Waals surface area contributed by atoms with Gasteiger partial charge in [-0.3, -0.25) is 5.41 Å². The van der Waals surface area contributed by atoms with Crippen molar-refractivity contribution in [3.63, 3.8) is 0 Å². The second-order valence-corrected chi connectivity index (χ2v) is 7.82. The number of aromatic nitrogens is 2. The zero-order chi connectivity index (χ0) is 22.0. The molecule has 1 unspecified atom stereocenters. The molecule has 0 aliphatic carbocycles. The SMILES string of the molecule is COCC(Cc1ccc(C)cc1)n1c(=N)n(Cc2ccc(F)c(F)c2)c2ccccc21. The molecule has 4 nitrogen and oxygen atoms in total. The molecule has 3 aromatic carbocycles. The van der Waals surface area contributed by atoms with E-state index >= 15 is 0 Å². The Morgan fingerprint density at radius 2 is 1.58 bits per heavy atom. The van der Waals surface area contributed by atoms with Crippen LogP contribution in [0, 0.1) is 24.0 Å². The van der Waals surface area contributed by atoms with Gasteiger partial charge in [0.05, 0.1) is 30.2 Å². The van der Waals surface area contributed by atoms with Crippen LogP contribution in [0.1, 0.15) is 22.7 Å². The number of halogens is 2. The third-order valence-corrected chi connectivity index (χ3v) is 5.56. The van der Waals surface area contributed by atoms with Gasteiger partial charge >= 0.3 is 0 Å². The van der Waals surface area contributed by atoms with Crippen LogP contribution in [0.25, 0.3) is 11.0 Å². The van der Waals surface area contributed by atoms with E-state index in [-0.39, 0.29) is 12.6 Å². The van der Waals surface area contributed by atoms with Gasteiger partial charge < -0.3 is 13.9 Å². The van der Waals surface area contributed by atoms with E-state index in [1.165, 1.54) is 11.6 Å². The summed E-state index contributed by atoms with van der Waals surface area (Å²) < 4.78 is 36.4. The van der Waals surface area contributed by atoms with Crippen LogP contribution in [0.2, 0.25) is 0 Å². The lowest BCUT2D eigenvalue weighted by Crippen LogP contribution is -2.31. The van der Waals surface area contributed by atoms with Gasteiger partial charge in [0.2, 0.25) is 5.62 Å². The van der Waals surface area contributed by atoms with Gasteiger partial charge in [0.1, 0.15) is 0 Å². The molecule has 0 spiro atoms. The van der Waals surface area contributed by atoms with Crippen LogP contribution < -0.4 is 5.62 Å². The summed E-state index contributed by atoms with van der Waals surface area (Å²) in [6, 6.07) is 19.9. The summed E-state index contributed by atoms with van der Waals surface area (Å²) in [6.07, 6.45) is 0.712. The van der Waals surface area contributed by atoms with Crippen LogP contribution in [-0.4, -0.2) is 22.9 Å². The number of hydrogen-bond donors (Lipinski definition) is 1. The lowest BCUT2D eigenvalue weighted by molar-refractivity contribution is 0.154. The van der Waals surface area contributed by atoms with Gasteiger partial charge in [-0.05, 0) is 48.7 Å². The number of fused-ring (bicyclic) bond motifs is 1. The standard InChI is InChI=1S/C25H25F2N3O/c1-17-7-9-18(10-8-17)13-20(16-31-2)30-24-6-4-3-5-23(24)29(25(30)28)15-19-11-12-21(26)22(27)14-19/h3-12,14,20,28H,13,15-16H2,1-2H3. The number of nitrogens with one attached hydrogen (secondary N) is 1. The largest absolute Gasteiger partial charge is 0.383 e. The highest BCUT2D eigenvalue weighted by atomic mass is 19.2. The lowest BCUT2D eigenvalue weighted by Gasteiger charge is -2.19. The Bertz CT molecular complexity index is 1260. The van der Waals surface area contributed by atoms with Crippen molar-refractivity contribution in [2.24, 2.45) is 0 Å². The van der Waals surface area contributed by atoms with Crippen LogP contribution in [0.4, 0.5) is 8.78 Å². The van der Waals surface area contributed by atoms with Crippen LogP contribution in [-0.2, 0) is 17.7 Å². The van der Waals surface area contributed by atoms with E-state index in [4.69, 9.17) is 10.1 Å². The molecule has 4 aromatic rings. The van der Waals surface area contributed by atoms with Crippen molar-refractivity contribution in [1.82, 2.24) is 9.13 Å². The summed E-state index contributed by atoms with van der Waals surface area (Å²) >= 11 is 0. The Labute approximate surface area is 179 Å². The smallest absolute Gasteiger partial charge is 0.203 e. The maximum atomic E-state index is 13.7. The van der Waals surface area contributed by atoms with Crippen molar-refractivity contribution in [3.05, 3.63) is 101 Å². The number of hydrogen-bond acceptors (Lipinski definition) is 2. The summed E-state index contributed by atoms with van der Waals surface area (Å²) in [7, 11) is 1.66. The lowest BCUT2D eigenvalue weighted by atomic mass is 10.0. The highest BCUT2D eigenvalue weighted by Gasteiger charge is 2.20. The molecule has 4 rings (SSSR count). The number of rotatable bonds is 7. The van der Waals surface area contributed by atoms with E-state index in [1.807, 2.05) is 33.4 Å². The summed E-state index contributed by atoms with van der Waals surface area (Å²) in [6.45, 7) is 2.77. The highest BCUT2D eigenvalue weighted by Crippen LogP contribution is 2.22. The van der Waals surface area contributed by atoms with Crippen LogP contribution >= 0.6 is 0 Å². The van der Waals surface area contributed by atoms with Crippen LogP contribution in [0.15, 0.2) is 66.7 Å². The van der Waals surface area contributed by atoms with Gasteiger partial charge in [0.25, 0.3) is 0 Å². The van der Waals surface area contributed by atoms with E-state index in [9.17, 15) is 8.78 Å².